The molecule has 1 saturated heterocycles. The summed E-state index contributed by atoms with van der Waals surface area (Å²) in [5.41, 5.74) is 3.76. The molecule has 1 atom stereocenters. The van der Waals surface area contributed by atoms with Crippen LogP contribution in [0, 0.1) is 12.8 Å². The summed E-state index contributed by atoms with van der Waals surface area (Å²) in [7, 11) is 1.71. The quantitative estimate of drug-likeness (QED) is 0.798. The van der Waals surface area contributed by atoms with Gasteiger partial charge in [0.25, 0.3) is 0 Å². The smallest absolute Gasteiger partial charge is 0.119 e. The summed E-state index contributed by atoms with van der Waals surface area (Å²) in [6, 6.07) is 6.66. The summed E-state index contributed by atoms with van der Waals surface area (Å²) in [5.74, 6) is 1.56. The molecular formula is C21H33N3O2. The van der Waals surface area contributed by atoms with Gasteiger partial charge in [0, 0.05) is 62.0 Å². The number of hydrogen-bond donors (Lipinski definition) is 2. The highest BCUT2D eigenvalue weighted by Gasteiger charge is 2.27. The number of fused-ring (bicyclic) bond motifs is 1. The van der Waals surface area contributed by atoms with Crippen LogP contribution in [0.3, 0.4) is 0 Å². The number of hydrogen-bond acceptors (Lipinski definition) is 4. The molecule has 144 valence electrons. The second-order valence-corrected chi connectivity index (χ2v) is 7.93. The van der Waals surface area contributed by atoms with Crippen LogP contribution in [0.1, 0.15) is 31.5 Å². The first-order valence-corrected chi connectivity index (χ1v) is 9.74. The molecule has 2 heterocycles. The Morgan fingerprint density at radius 1 is 1.31 bits per heavy atom. The van der Waals surface area contributed by atoms with E-state index in [1.807, 2.05) is 6.07 Å². The maximum Gasteiger partial charge on any atom is 0.119 e. The second-order valence-electron chi connectivity index (χ2n) is 7.93. The number of aromatic nitrogens is 1. The molecule has 1 aliphatic heterocycles. The standard InChI is InChI=1S/C21H33N3O2/c1-15(2)12-24-9-8-23(13-17(24)7-10-25)14-21-16(3)19-11-18(26-4)5-6-20(19)22-21/h5-6,11,15,17,22,25H,7-10,12-14H2,1-4H3/t17-/m1/s1. The molecule has 1 aromatic heterocycles. The van der Waals surface area contributed by atoms with Crippen LogP contribution in [0.2, 0.25) is 0 Å². The van der Waals surface area contributed by atoms with Crippen molar-refractivity contribution in [2.24, 2.45) is 5.92 Å². The van der Waals surface area contributed by atoms with Crippen LogP contribution in [0.25, 0.3) is 10.9 Å². The van der Waals surface area contributed by atoms with Crippen molar-refractivity contribution in [3.8, 4) is 5.75 Å². The largest absolute Gasteiger partial charge is 0.497 e. The Kier molecular flexibility index (Phi) is 6.22. The lowest BCUT2D eigenvalue weighted by Crippen LogP contribution is -2.53. The van der Waals surface area contributed by atoms with Crippen LogP contribution >= 0.6 is 0 Å². The lowest BCUT2D eigenvalue weighted by atomic mass is 10.1. The van der Waals surface area contributed by atoms with Gasteiger partial charge in [0.2, 0.25) is 0 Å². The minimum Gasteiger partial charge on any atom is -0.497 e. The van der Waals surface area contributed by atoms with E-state index in [1.165, 1.54) is 22.2 Å². The molecule has 0 radical (unpaired) electrons. The fourth-order valence-electron chi connectivity index (χ4n) is 4.10. The molecule has 0 unspecified atom stereocenters. The summed E-state index contributed by atoms with van der Waals surface area (Å²) in [6.45, 7) is 12.2. The van der Waals surface area contributed by atoms with Gasteiger partial charge in [-0.3, -0.25) is 9.80 Å². The molecule has 1 aliphatic rings. The normalized spacial score (nSPS) is 19.5. The Balaban J connectivity index is 1.72. The first-order chi connectivity index (χ1) is 12.5. The highest BCUT2D eigenvalue weighted by molar-refractivity contribution is 5.85. The third kappa shape index (κ3) is 4.22. The van der Waals surface area contributed by atoms with E-state index in [0.717, 1.165) is 44.9 Å². The second kappa shape index (κ2) is 8.42. The Hall–Kier alpha value is -1.56. The molecule has 2 N–H and O–H groups in total. The van der Waals surface area contributed by atoms with Gasteiger partial charge in [-0.15, -0.1) is 0 Å². The zero-order chi connectivity index (χ0) is 18.7. The van der Waals surface area contributed by atoms with E-state index in [-0.39, 0.29) is 6.61 Å². The van der Waals surface area contributed by atoms with E-state index in [2.05, 4.69) is 47.7 Å². The van der Waals surface area contributed by atoms with Crippen LogP contribution in [0.4, 0.5) is 0 Å². The molecule has 1 aromatic carbocycles. The van der Waals surface area contributed by atoms with Crippen molar-refractivity contribution in [3.63, 3.8) is 0 Å². The number of piperazine rings is 1. The summed E-state index contributed by atoms with van der Waals surface area (Å²) < 4.78 is 5.37. The number of H-pyrrole nitrogens is 1. The maximum absolute atomic E-state index is 9.47. The number of aliphatic hydroxyl groups excluding tert-OH is 1. The molecule has 1 fully saturated rings. The number of ether oxygens (including phenoxy) is 1. The number of methoxy groups -OCH3 is 1. The molecule has 0 saturated carbocycles. The maximum atomic E-state index is 9.47. The SMILES string of the molecule is COc1ccc2[nH]c(CN3CCN(CC(C)C)[C@H](CCO)C3)c(C)c2c1. The van der Waals surface area contributed by atoms with E-state index < -0.39 is 0 Å². The average molecular weight is 360 g/mol. The van der Waals surface area contributed by atoms with Crippen LogP contribution < -0.4 is 4.74 Å². The minimum atomic E-state index is 0.262. The predicted molar refractivity (Wildman–Crippen MR) is 107 cm³/mol. The number of rotatable bonds is 7. The lowest BCUT2D eigenvalue weighted by Gasteiger charge is -2.42. The van der Waals surface area contributed by atoms with E-state index in [4.69, 9.17) is 4.74 Å². The summed E-state index contributed by atoms with van der Waals surface area (Å²) in [6.07, 6.45) is 0.853. The van der Waals surface area contributed by atoms with Gasteiger partial charge in [-0.25, -0.2) is 0 Å². The zero-order valence-corrected chi connectivity index (χ0v) is 16.6. The van der Waals surface area contributed by atoms with Crippen LogP contribution in [0.5, 0.6) is 5.75 Å². The Morgan fingerprint density at radius 2 is 2.12 bits per heavy atom. The van der Waals surface area contributed by atoms with Gasteiger partial charge in [0.1, 0.15) is 5.75 Å². The third-order valence-corrected chi connectivity index (χ3v) is 5.50. The van der Waals surface area contributed by atoms with Gasteiger partial charge in [0.05, 0.1) is 7.11 Å². The van der Waals surface area contributed by atoms with Crippen molar-refractivity contribution in [1.29, 1.82) is 0 Å². The van der Waals surface area contributed by atoms with Crippen LogP contribution in [-0.2, 0) is 6.54 Å². The van der Waals surface area contributed by atoms with Gasteiger partial charge in [-0.1, -0.05) is 13.8 Å². The fraction of sp³-hybridized carbons (Fsp3) is 0.619. The van der Waals surface area contributed by atoms with Gasteiger partial charge >= 0.3 is 0 Å². The molecule has 0 bridgehead atoms. The van der Waals surface area contributed by atoms with Gasteiger partial charge in [-0.2, -0.15) is 0 Å². The highest BCUT2D eigenvalue weighted by atomic mass is 16.5. The van der Waals surface area contributed by atoms with E-state index in [0.29, 0.717) is 12.0 Å². The molecular weight excluding hydrogens is 326 g/mol. The molecule has 3 rings (SSSR count). The van der Waals surface area contributed by atoms with Crippen LogP contribution in [-0.4, -0.2) is 65.8 Å². The topological polar surface area (TPSA) is 51.7 Å². The molecule has 0 aliphatic carbocycles. The fourth-order valence-corrected chi connectivity index (χ4v) is 4.10. The van der Waals surface area contributed by atoms with Gasteiger partial charge in [-0.05, 0) is 43.0 Å². The third-order valence-electron chi connectivity index (χ3n) is 5.50. The zero-order valence-electron chi connectivity index (χ0n) is 16.6. The summed E-state index contributed by atoms with van der Waals surface area (Å²) in [4.78, 5) is 8.67. The number of nitrogens with zero attached hydrogens (tertiary/aromatic N) is 2. The first kappa shape index (κ1) is 19.2. The Labute approximate surface area is 156 Å². The van der Waals surface area contributed by atoms with E-state index in [1.54, 1.807) is 7.11 Å². The molecule has 26 heavy (non-hydrogen) atoms. The molecule has 0 spiro atoms. The number of nitrogens with one attached hydrogen (secondary N) is 1. The highest BCUT2D eigenvalue weighted by Crippen LogP contribution is 2.27. The van der Waals surface area contributed by atoms with Crippen molar-refractivity contribution >= 4 is 10.9 Å². The summed E-state index contributed by atoms with van der Waals surface area (Å²) in [5, 5.41) is 10.7. The molecule has 2 aromatic rings. The van der Waals surface area contributed by atoms with Crippen LogP contribution in [0.15, 0.2) is 18.2 Å². The average Bonchev–Trinajstić information content (AvgIpc) is 2.92. The number of aliphatic hydroxyl groups is 1. The number of benzene rings is 1. The van der Waals surface area contributed by atoms with Crippen molar-refractivity contribution in [3.05, 3.63) is 29.5 Å². The Bertz CT molecular complexity index is 725. The number of aryl methyl sites for hydroxylation is 1. The van der Waals surface area contributed by atoms with E-state index >= 15 is 0 Å². The summed E-state index contributed by atoms with van der Waals surface area (Å²) >= 11 is 0. The van der Waals surface area contributed by atoms with Gasteiger partial charge < -0.3 is 14.8 Å². The minimum absolute atomic E-state index is 0.262. The van der Waals surface area contributed by atoms with Gasteiger partial charge in [0.15, 0.2) is 0 Å². The monoisotopic (exact) mass is 359 g/mol. The van der Waals surface area contributed by atoms with Crippen molar-refractivity contribution in [2.75, 3.05) is 39.9 Å². The molecule has 0 amide bonds. The molecule has 5 nitrogen and oxygen atoms in total. The van der Waals surface area contributed by atoms with Crippen molar-refractivity contribution in [1.82, 2.24) is 14.8 Å². The van der Waals surface area contributed by atoms with E-state index in [9.17, 15) is 5.11 Å². The Morgan fingerprint density at radius 3 is 2.81 bits per heavy atom. The first-order valence-electron chi connectivity index (χ1n) is 9.74. The lowest BCUT2D eigenvalue weighted by molar-refractivity contribution is 0.0471. The predicted octanol–water partition coefficient (Wildman–Crippen LogP) is 3.01. The number of aromatic amines is 1. The van der Waals surface area contributed by atoms with Crippen molar-refractivity contribution in [2.45, 2.75) is 39.8 Å². The molecule has 5 heteroatoms. The van der Waals surface area contributed by atoms with Crippen molar-refractivity contribution < 1.29 is 9.84 Å².